The van der Waals surface area contributed by atoms with Crippen LogP contribution in [0.15, 0.2) is 0 Å². The standard InChI is InChI=1S/C3H2Cl2F4O/c4-2(5,6)1-10-3(7,8)9/h1H2. The van der Waals surface area contributed by atoms with Crippen LogP contribution in [0.5, 0.6) is 0 Å². The summed E-state index contributed by atoms with van der Waals surface area (Å²) in [6.45, 7) is -1.43. The lowest BCUT2D eigenvalue weighted by Gasteiger charge is -2.11. The molecule has 0 bridgehead atoms. The van der Waals surface area contributed by atoms with Crippen molar-refractivity contribution in [2.24, 2.45) is 0 Å². The maximum absolute atomic E-state index is 11.8. The largest absolute Gasteiger partial charge is 0.522 e. The zero-order chi connectivity index (χ0) is 8.41. The molecule has 0 atom stereocenters. The SMILES string of the molecule is FC(Cl)(Cl)COC(F)(F)F. The summed E-state index contributed by atoms with van der Waals surface area (Å²) in [7, 11) is 0. The molecule has 62 valence electrons. The highest BCUT2D eigenvalue weighted by Crippen LogP contribution is 2.26. The molecule has 0 amide bonds. The number of ether oxygens (including phenoxy) is 1. The smallest absolute Gasteiger partial charge is 0.286 e. The molecular formula is C3H2Cl2F4O. The maximum Gasteiger partial charge on any atom is 0.522 e. The second kappa shape index (κ2) is 3.11. The zero-order valence-corrected chi connectivity index (χ0v) is 5.89. The summed E-state index contributed by atoms with van der Waals surface area (Å²) in [4.78, 5) is 0. The van der Waals surface area contributed by atoms with E-state index in [2.05, 4.69) is 27.9 Å². The Morgan fingerprint density at radius 1 is 1.10 bits per heavy atom. The Bertz CT molecular complexity index is 92.1. The van der Waals surface area contributed by atoms with E-state index < -0.39 is 17.6 Å². The van der Waals surface area contributed by atoms with E-state index in [1.54, 1.807) is 0 Å². The van der Waals surface area contributed by atoms with Crippen molar-refractivity contribution < 1.29 is 22.3 Å². The van der Waals surface area contributed by atoms with Crippen LogP contribution in [0.3, 0.4) is 0 Å². The first-order chi connectivity index (χ1) is 4.21. The second-order valence-corrected chi connectivity index (χ2v) is 2.74. The summed E-state index contributed by atoms with van der Waals surface area (Å²) in [5, 5.41) is 0. The summed E-state index contributed by atoms with van der Waals surface area (Å²) < 4.78 is 45.0. The van der Waals surface area contributed by atoms with Gasteiger partial charge in [-0.1, -0.05) is 23.2 Å². The van der Waals surface area contributed by atoms with Crippen molar-refractivity contribution in [2.45, 2.75) is 10.9 Å². The highest BCUT2D eigenvalue weighted by Gasteiger charge is 2.34. The van der Waals surface area contributed by atoms with E-state index in [-0.39, 0.29) is 0 Å². The first-order valence-electron chi connectivity index (χ1n) is 1.98. The Kier molecular flexibility index (Phi) is 3.19. The average Bonchev–Trinajstić information content (AvgIpc) is 1.57. The van der Waals surface area contributed by atoms with E-state index in [1.807, 2.05) is 0 Å². The normalized spacial score (nSPS) is 13.8. The molecule has 0 fully saturated rings. The van der Waals surface area contributed by atoms with Crippen LogP contribution in [0.4, 0.5) is 17.6 Å². The van der Waals surface area contributed by atoms with E-state index in [1.165, 1.54) is 0 Å². The van der Waals surface area contributed by atoms with Gasteiger partial charge in [0, 0.05) is 0 Å². The third-order valence-electron chi connectivity index (χ3n) is 0.399. The van der Waals surface area contributed by atoms with Gasteiger partial charge in [0.2, 0.25) is 0 Å². The molecule has 0 aromatic rings. The Hall–Kier alpha value is 0.260. The molecule has 0 rings (SSSR count). The predicted octanol–water partition coefficient (Wildman–Crippen LogP) is 2.62. The van der Waals surface area contributed by atoms with Crippen molar-refractivity contribution in [2.75, 3.05) is 6.61 Å². The topological polar surface area (TPSA) is 9.23 Å². The van der Waals surface area contributed by atoms with Crippen LogP contribution in [0.1, 0.15) is 0 Å². The minimum absolute atomic E-state index is 1.43. The quantitative estimate of drug-likeness (QED) is 0.492. The van der Waals surface area contributed by atoms with Crippen molar-refractivity contribution >= 4 is 23.2 Å². The molecule has 0 aliphatic rings. The highest BCUT2D eigenvalue weighted by atomic mass is 35.5. The Morgan fingerprint density at radius 3 is 1.60 bits per heavy atom. The fraction of sp³-hybridized carbons (Fsp3) is 1.00. The van der Waals surface area contributed by atoms with Crippen LogP contribution in [-0.4, -0.2) is 17.6 Å². The summed E-state index contributed by atoms with van der Waals surface area (Å²) in [5.74, 6) is 0. The van der Waals surface area contributed by atoms with E-state index in [0.717, 1.165) is 0 Å². The van der Waals surface area contributed by atoms with Gasteiger partial charge in [-0.15, -0.1) is 13.2 Å². The van der Waals surface area contributed by atoms with Crippen molar-refractivity contribution in [1.29, 1.82) is 0 Å². The molecule has 0 aliphatic carbocycles. The van der Waals surface area contributed by atoms with Gasteiger partial charge in [0.05, 0.1) is 0 Å². The number of alkyl halides is 6. The van der Waals surface area contributed by atoms with Gasteiger partial charge in [0.1, 0.15) is 6.61 Å². The monoisotopic (exact) mass is 200 g/mol. The average molecular weight is 201 g/mol. The first kappa shape index (κ1) is 10.3. The fourth-order valence-electron chi connectivity index (χ4n) is 0.164. The number of rotatable bonds is 2. The molecular weight excluding hydrogens is 199 g/mol. The number of hydrogen-bond donors (Lipinski definition) is 0. The molecule has 0 saturated heterocycles. The van der Waals surface area contributed by atoms with E-state index >= 15 is 0 Å². The Morgan fingerprint density at radius 2 is 1.50 bits per heavy atom. The lowest BCUT2D eigenvalue weighted by atomic mass is 10.8. The van der Waals surface area contributed by atoms with Crippen molar-refractivity contribution in [3.8, 4) is 0 Å². The Balaban J connectivity index is 3.56. The van der Waals surface area contributed by atoms with Crippen LogP contribution in [0.2, 0.25) is 0 Å². The molecule has 0 heterocycles. The van der Waals surface area contributed by atoms with Crippen LogP contribution >= 0.6 is 23.2 Å². The Labute approximate surface area is 63.9 Å². The maximum atomic E-state index is 11.8. The second-order valence-electron chi connectivity index (χ2n) is 1.35. The molecule has 1 nitrogen and oxygen atoms in total. The number of hydrogen-bond acceptors (Lipinski definition) is 1. The van der Waals surface area contributed by atoms with Crippen LogP contribution in [0, 0.1) is 0 Å². The lowest BCUT2D eigenvalue weighted by Crippen LogP contribution is -2.22. The molecule has 0 unspecified atom stereocenters. The zero-order valence-electron chi connectivity index (χ0n) is 4.38. The van der Waals surface area contributed by atoms with Gasteiger partial charge in [0.15, 0.2) is 0 Å². The van der Waals surface area contributed by atoms with Crippen LogP contribution < -0.4 is 0 Å². The van der Waals surface area contributed by atoms with Gasteiger partial charge < -0.3 is 0 Å². The van der Waals surface area contributed by atoms with Gasteiger partial charge in [-0.3, -0.25) is 4.74 Å². The van der Waals surface area contributed by atoms with Crippen molar-refractivity contribution in [3.05, 3.63) is 0 Å². The van der Waals surface area contributed by atoms with Gasteiger partial charge >= 0.3 is 6.36 Å². The summed E-state index contributed by atoms with van der Waals surface area (Å²) in [6.07, 6.45) is -4.90. The summed E-state index contributed by atoms with van der Waals surface area (Å²) >= 11 is 9.03. The van der Waals surface area contributed by atoms with Gasteiger partial charge in [-0.25, -0.2) is 4.39 Å². The van der Waals surface area contributed by atoms with Gasteiger partial charge in [-0.2, -0.15) is 0 Å². The minimum atomic E-state index is -4.90. The number of halogens is 6. The molecule has 0 saturated carbocycles. The molecule has 0 aromatic carbocycles. The molecule has 7 heteroatoms. The minimum Gasteiger partial charge on any atom is -0.286 e. The molecule has 0 N–H and O–H groups in total. The van der Waals surface area contributed by atoms with Crippen LogP contribution in [0.25, 0.3) is 0 Å². The predicted molar refractivity (Wildman–Crippen MR) is 27.6 cm³/mol. The van der Waals surface area contributed by atoms with Gasteiger partial charge in [0.25, 0.3) is 4.59 Å². The molecule has 0 spiro atoms. The molecule has 0 radical (unpaired) electrons. The molecule has 0 aliphatic heterocycles. The van der Waals surface area contributed by atoms with Gasteiger partial charge in [-0.05, 0) is 0 Å². The third-order valence-corrected chi connectivity index (χ3v) is 0.618. The fourth-order valence-corrected chi connectivity index (χ4v) is 0.273. The van der Waals surface area contributed by atoms with Crippen molar-refractivity contribution in [1.82, 2.24) is 0 Å². The van der Waals surface area contributed by atoms with E-state index in [4.69, 9.17) is 0 Å². The van der Waals surface area contributed by atoms with Crippen molar-refractivity contribution in [3.63, 3.8) is 0 Å². The third kappa shape index (κ3) is 8.26. The summed E-state index contributed by atoms with van der Waals surface area (Å²) in [5.41, 5.74) is 0. The molecule has 10 heavy (non-hydrogen) atoms. The summed E-state index contributed by atoms with van der Waals surface area (Å²) in [6, 6.07) is 0. The lowest BCUT2D eigenvalue weighted by molar-refractivity contribution is -0.327. The first-order valence-corrected chi connectivity index (χ1v) is 2.74. The molecule has 0 aromatic heterocycles. The van der Waals surface area contributed by atoms with E-state index in [9.17, 15) is 17.6 Å². The highest BCUT2D eigenvalue weighted by molar-refractivity contribution is 6.47. The van der Waals surface area contributed by atoms with Crippen LogP contribution in [-0.2, 0) is 4.74 Å². The van der Waals surface area contributed by atoms with E-state index in [0.29, 0.717) is 0 Å².